The SMILES string of the molecule is CCOc1ccc(NC(=O)N(CCOC)Cc2ccc(OS(=O)(=O)c3cccc(C(F)(F)F)c3)cc2)cc1. The van der Waals surface area contributed by atoms with E-state index in [0.29, 0.717) is 29.7 Å². The van der Waals surface area contributed by atoms with E-state index in [1.54, 1.807) is 36.4 Å². The second kappa shape index (κ2) is 12.7. The maximum absolute atomic E-state index is 13.0. The summed E-state index contributed by atoms with van der Waals surface area (Å²) in [4.78, 5) is 13.8. The molecule has 2 amide bonds. The number of ether oxygens (including phenoxy) is 2. The first-order chi connectivity index (χ1) is 18.0. The zero-order valence-corrected chi connectivity index (χ0v) is 21.5. The normalized spacial score (nSPS) is 11.6. The van der Waals surface area contributed by atoms with Crippen molar-refractivity contribution in [2.75, 3.05) is 32.2 Å². The Labute approximate surface area is 219 Å². The number of alkyl halides is 3. The molecule has 0 saturated carbocycles. The van der Waals surface area contributed by atoms with Gasteiger partial charge in [-0.05, 0) is 67.1 Å². The number of amides is 2. The van der Waals surface area contributed by atoms with Crippen molar-refractivity contribution in [3.8, 4) is 11.5 Å². The standard InChI is InChI=1S/C26H27F3N2O6S/c1-3-36-22-13-9-21(10-14-22)30-25(32)31(15-16-35-2)18-19-7-11-23(12-8-19)37-38(33,34)24-6-4-5-20(17-24)26(27,28)29/h4-14,17H,3,15-16,18H2,1-2H3,(H,30,32). The minimum atomic E-state index is -4.69. The van der Waals surface area contributed by atoms with Crippen LogP contribution < -0.4 is 14.2 Å². The van der Waals surface area contributed by atoms with Crippen LogP contribution in [0.2, 0.25) is 0 Å². The Bertz CT molecular complexity index is 1310. The van der Waals surface area contributed by atoms with Crippen molar-refractivity contribution in [1.29, 1.82) is 0 Å². The lowest BCUT2D eigenvalue weighted by Gasteiger charge is -2.23. The van der Waals surface area contributed by atoms with Gasteiger partial charge in [0.1, 0.15) is 16.4 Å². The predicted molar refractivity (Wildman–Crippen MR) is 135 cm³/mol. The van der Waals surface area contributed by atoms with Crippen LogP contribution in [0, 0.1) is 0 Å². The number of rotatable bonds is 11. The van der Waals surface area contributed by atoms with E-state index in [1.807, 2.05) is 6.92 Å². The van der Waals surface area contributed by atoms with Crippen LogP contribution in [0.1, 0.15) is 18.1 Å². The van der Waals surface area contributed by atoms with Gasteiger partial charge in [0.2, 0.25) is 0 Å². The molecule has 0 radical (unpaired) electrons. The van der Waals surface area contributed by atoms with E-state index < -0.39 is 26.8 Å². The Kier molecular flexibility index (Phi) is 9.59. The highest BCUT2D eigenvalue weighted by Gasteiger charge is 2.32. The van der Waals surface area contributed by atoms with Gasteiger partial charge in [-0.2, -0.15) is 21.6 Å². The number of halogens is 3. The van der Waals surface area contributed by atoms with Crippen molar-refractivity contribution in [3.05, 3.63) is 83.9 Å². The summed E-state index contributed by atoms with van der Waals surface area (Å²) in [6.07, 6.45) is -4.69. The molecular weight excluding hydrogens is 525 g/mol. The molecule has 0 bridgehead atoms. The lowest BCUT2D eigenvalue weighted by molar-refractivity contribution is -0.137. The van der Waals surface area contributed by atoms with E-state index in [1.165, 1.54) is 24.1 Å². The number of urea groups is 1. The zero-order valence-electron chi connectivity index (χ0n) is 20.7. The highest BCUT2D eigenvalue weighted by atomic mass is 32.2. The molecule has 0 aliphatic carbocycles. The van der Waals surface area contributed by atoms with Crippen molar-refractivity contribution < 1.29 is 40.0 Å². The van der Waals surface area contributed by atoms with E-state index in [9.17, 15) is 26.4 Å². The van der Waals surface area contributed by atoms with Crippen LogP contribution in [0.5, 0.6) is 11.5 Å². The number of carbonyl (C=O) groups excluding carboxylic acids is 1. The van der Waals surface area contributed by atoms with Crippen LogP contribution >= 0.6 is 0 Å². The number of hydrogen-bond donors (Lipinski definition) is 1. The van der Waals surface area contributed by atoms with Crippen LogP contribution in [-0.2, 0) is 27.6 Å². The molecule has 12 heteroatoms. The van der Waals surface area contributed by atoms with Gasteiger partial charge in [0.05, 0.1) is 18.8 Å². The molecule has 0 aromatic heterocycles. The molecule has 0 heterocycles. The van der Waals surface area contributed by atoms with E-state index >= 15 is 0 Å². The first-order valence-electron chi connectivity index (χ1n) is 11.5. The van der Waals surface area contributed by atoms with Gasteiger partial charge in [0, 0.05) is 25.9 Å². The van der Waals surface area contributed by atoms with Crippen molar-refractivity contribution in [2.24, 2.45) is 0 Å². The number of nitrogens with one attached hydrogen (secondary N) is 1. The Morgan fingerprint density at radius 2 is 1.63 bits per heavy atom. The van der Waals surface area contributed by atoms with Crippen LogP contribution in [-0.4, -0.2) is 46.2 Å². The molecule has 0 saturated heterocycles. The minimum Gasteiger partial charge on any atom is -0.494 e. The maximum atomic E-state index is 13.0. The first-order valence-corrected chi connectivity index (χ1v) is 12.9. The van der Waals surface area contributed by atoms with Crippen molar-refractivity contribution in [1.82, 2.24) is 4.90 Å². The average molecular weight is 553 g/mol. The molecule has 3 rings (SSSR count). The molecule has 0 aliphatic rings. The Morgan fingerprint density at radius 1 is 0.974 bits per heavy atom. The molecule has 0 unspecified atom stereocenters. The lowest BCUT2D eigenvalue weighted by atomic mass is 10.2. The highest BCUT2D eigenvalue weighted by molar-refractivity contribution is 7.87. The van der Waals surface area contributed by atoms with E-state index in [2.05, 4.69) is 5.32 Å². The summed E-state index contributed by atoms with van der Waals surface area (Å²) in [5.74, 6) is 0.590. The second-order valence-corrected chi connectivity index (χ2v) is 9.56. The molecule has 3 aromatic carbocycles. The molecule has 0 fully saturated rings. The number of carbonyl (C=O) groups is 1. The molecule has 3 aromatic rings. The van der Waals surface area contributed by atoms with Crippen LogP contribution in [0.3, 0.4) is 0 Å². The maximum Gasteiger partial charge on any atom is 0.416 e. The van der Waals surface area contributed by atoms with Crippen LogP contribution in [0.4, 0.5) is 23.7 Å². The third kappa shape index (κ3) is 8.12. The largest absolute Gasteiger partial charge is 0.494 e. The number of anilines is 1. The van der Waals surface area contributed by atoms with Crippen molar-refractivity contribution >= 4 is 21.8 Å². The van der Waals surface area contributed by atoms with Gasteiger partial charge in [0.25, 0.3) is 0 Å². The van der Waals surface area contributed by atoms with Gasteiger partial charge in [-0.15, -0.1) is 0 Å². The minimum absolute atomic E-state index is 0.0894. The molecular formula is C26H27F3N2O6S. The van der Waals surface area contributed by atoms with Gasteiger partial charge in [-0.1, -0.05) is 18.2 Å². The molecule has 1 N–H and O–H groups in total. The smallest absolute Gasteiger partial charge is 0.416 e. The summed E-state index contributed by atoms with van der Waals surface area (Å²) in [6, 6.07) is 15.7. The van der Waals surface area contributed by atoms with E-state index in [-0.39, 0.29) is 31.5 Å². The fourth-order valence-electron chi connectivity index (χ4n) is 3.33. The van der Waals surface area contributed by atoms with Gasteiger partial charge >= 0.3 is 22.3 Å². The topological polar surface area (TPSA) is 94.2 Å². The molecule has 0 atom stereocenters. The summed E-state index contributed by atoms with van der Waals surface area (Å²) >= 11 is 0. The molecule has 0 spiro atoms. The fourth-order valence-corrected chi connectivity index (χ4v) is 4.31. The number of hydrogen-bond acceptors (Lipinski definition) is 6. The highest BCUT2D eigenvalue weighted by Crippen LogP contribution is 2.31. The van der Waals surface area contributed by atoms with E-state index in [0.717, 1.165) is 18.2 Å². The summed E-state index contributed by atoms with van der Waals surface area (Å²) in [6.45, 7) is 3.14. The fraction of sp³-hybridized carbons (Fsp3) is 0.269. The van der Waals surface area contributed by atoms with Gasteiger partial charge in [0.15, 0.2) is 0 Å². The Hall–Kier alpha value is -3.77. The van der Waals surface area contributed by atoms with Gasteiger partial charge in [-0.3, -0.25) is 0 Å². The molecule has 204 valence electrons. The average Bonchev–Trinajstić information content (AvgIpc) is 2.88. The summed E-state index contributed by atoms with van der Waals surface area (Å²) < 4.78 is 79.4. The molecule has 38 heavy (non-hydrogen) atoms. The third-order valence-corrected chi connectivity index (χ3v) is 6.47. The van der Waals surface area contributed by atoms with Crippen LogP contribution in [0.25, 0.3) is 0 Å². The second-order valence-electron chi connectivity index (χ2n) is 8.01. The van der Waals surface area contributed by atoms with E-state index in [4.69, 9.17) is 13.7 Å². The lowest BCUT2D eigenvalue weighted by Crippen LogP contribution is -2.36. The summed E-state index contributed by atoms with van der Waals surface area (Å²) in [5.41, 5.74) is 0.133. The summed E-state index contributed by atoms with van der Waals surface area (Å²) in [7, 11) is -2.99. The number of methoxy groups -OCH3 is 1. The quantitative estimate of drug-likeness (QED) is 0.314. The van der Waals surface area contributed by atoms with Crippen molar-refractivity contribution in [3.63, 3.8) is 0 Å². The van der Waals surface area contributed by atoms with Gasteiger partial charge < -0.3 is 23.9 Å². The summed E-state index contributed by atoms with van der Waals surface area (Å²) in [5, 5.41) is 2.81. The molecule has 8 nitrogen and oxygen atoms in total. The van der Waals surface area contributed by atoms with Gasteiger partial charge in [-0.25, -0.2) is 4.79 Å². The Morgan fingerprint density at radius 3 is 2.24 bits per heavy atom. The van der Waals surface area contributed by atoms with Crippen LogP contribution in [0.15, 0.2) is 77.7 Å². The monoisotopic (exact) mass is 552 g/mol. The zero-order chi connectivity index (χ0) is 27.8. The third-order valence-electron chi connectivity index (χ3n) is 5.22. The Balaban J connectivity index is 1.68. The number of nitrogens with zero attached hydrogens (tertiary/aromatic N) is 1. The molecule has 0 aliphatic heterocycles. The predicted octanol–water partition coefficient (Wildman–Crippen LogP) is 5.55. The first kappa shape index (κ1) is 28.8. The van der Waals surface area contributed by atoms with Crippen molar-refractivity contribution in [2.45, 2.75) is 24.5 Å². The number of benzene rings is 3.